The standard InChI is InChI=1S/C19H27N5O2S/c1-4-24-18(23-9-11-26-12-10-23)21-22-19(24)27-15(3)17(25)20-13-16-7-5-14(2)6-8-16/h5-8,15H,4,9-13H2,1-3H3,(H,20,25)/t15-/m1/s1. The highest BCUT2D eigenvalue weighted by molar-refractivity contribution is 8.00. The number of aromatic nitrogens is 3. The topological polar surface area (TPSA) is 72.3 Å². The quantitative estimate of drug-likeness (QED) is 0.732. The first-order valence-electron chi connectivity index (χ1n) is 9.34. The fourth-order valence-corrected chi connectivity index (χ4v) is 3.83. The van der Waals surface area contributed by atoms with Crippen LogP contribution in [0.1, 0.15) is 25.0 Å². The van der Waals surface area contributed by atoms with Crippen LogP contribution in [0.5, 0.6) is 0 Å². The number of carbonyl (C=O) groups excluding carboxylic acids is 1. The summed E-state index contributed by atoms with van der Waals surface area (Å²) >= 11 is 1.44. The lowest BCUT2D eigenvalue weighted by Gasteiger charge is -2.27. The van der Waals surface area contributed by atoms with E-state index in [0.29, 0.717) is 19.8 Å². The summed E-state index contributed by atoms with van der Waals surface area (Å²) in [4.78, 5) is 14.7. The van der Waals surface area contributed by atoms with Gasteiger partial charge in [-0.25, -0.2) is 0 Å². The average Bonchev–Trinajstić information content (AvgIpc) is 3.10. The number of anilines is 1. The molecule has 1 aromatic carbocycles. The molecule has 27 heavy (non-hydrogen) atoms. The Labute approximate surface area is 164 Å². The molecule has 2 heterocycles. The van der Waals surface area contributed by atoms with Crippen LogP contribution in [0.3, 0.4) is 0 Å². The SMILES string of the molecule is CCn1c(S[C@H](C)C(=O)NCc2ccc(C)cc2)nnc1N1CCOCC1. The second-order valence-corrected chi connectivity index (χ2v) is 7.90. The van der Waals surface area contributed by atoms with Gasteiger partial charge < -0.3 is 15.0 Å². The van der Waals surface area contributed by atoms with Crippen molar-refractivity contribution >= 4 is 23.6 Å². The summed E-state index contributed by atoms with van der Waals surface area (Å²) in [5, 5.41) is 12.2. The number of benzene rings is 1. The lowest BCUT2D eigenvalue weighted by Crippen LogP contribution is -2.38. The van der Waals surface area contributed by atoms with Crippen molar-refractivity contribution in [2.45, 2.75) is 44.3 Å². The van der Waals surface area contributed by atoms with E-state index >= 15 is 0 Å². The highest BCUT2D eigenvalue weighted by Gasteiger charge is 2.23. The maximum absolute atomic E-state index is 12.5. The van der Waals surface area contributed by atoms with Gasteiger partial charge in [0, 0.05) is 26.2 Å². The molecule has 1 amide bonds. The molecule has 8 heteroatoms. The molecule has 146 valence electrons. The molecule has 0 radical (unpaired) electrons. The van der Waals surface area contributed by atoms with Crippen LogP contribution in [0.25, 0.3) is 0 Å². The molecule has 3 rings (SSSR count). The second-order valence-electron chi connectivity index (χ2n) is 6.59. The van der Waals surface area contributed by atoms with Crippen molar-refractivity contribution in [2.75, 3.05) is 31.2 Å². The van der Waals surface area contributed by atoms with Gasteiger partial charge in [0.1, 0.15) is 0 Å². The van der Waals surface area contributed by atoms with Crippen LogP contribution in [0, 0.1) is 6.92 Å². The van der Waals surface area contributed by atoms with E-state index in [4.69, 9.17) is 4.74 Å². The summed E-state index contributed by atoms with van der Waals surface area (Å²) in [6.45, 7) is 10.4. The summed E-state index contributed by atoms with van der Waals surface area (Å²) < 4.78 is 7.48. The zero-order chi connectivity index (χ0) is 19.2. The van der Waals surface area contributed by atoms with Gasteiger partial charge in [-0.05, 0) is 26.3 Å². The molecule has 1 fully saturated rings. The molecule has 1 aliphatic heterocycles. The number of aryl methyl sites for hydroxylation is 1. The highest BCUT2D eigenvalue weighted by atomic mass is 32.2. The lowest BCUT2D eigenvalue weighted by molar-refractivity contribution is -0.120. The molecule has 0 aliphatic carbocycles. The number of hydrogen-bond acceptors (Lipinski definition) is 6. The summed E-state index contributed by atoms with van der Waals surface area (Å²) in [6, 6.07) is 8.18. The number of nitrogens with zero attached hydrogens (tertiary/aromatic N) is 4. The van der Waals surface area contributed by atoms with Crippen molar-refractivity contribution in [1.82, 2.24) is 20.1 Å². The predicted octanol–water partition coefficient (Wildman–Crippen LogP) is 2.24. The molecular weight excluding hydrogens is 362 g/mol. The number of amides is 1. The van der Waals surface area contributed by atoms with Crippen molar-refractivity contribution in [1.29, 1.82) is 0 Å². The summed E-state index contributed by atoms with van der Waals surface area (Å²) in [5.41, 5.74) is 2.31. The van der Waals surface area contributed by atoms with Crippen molar-refractivity contribution in [3.05, 3.63) is 35.4 Å². The molecule has 1 saturated heterocycles. The van der Waals surface area contributed by atoms with E-state index in [1.54, 1.807) is 0 Å². The lowest BCUT2D eigenvalue weighted by atomic mass is 10.1. The van der Waals surface area contributed by atoms with Gasteiger partial charge in [0.05, 0.1) is 18.5 Å². The van der Waals surface area contributed by atoms with Gasteiger partial charge in [0.2, 0.25) is 11.9 Å². The number of carbonyl (C=O) groups is 1. The van der Waals surface area contributed by atoms with Crippen LogP contribution in [0.2, 0.25) is 0 Å². The Kier molecular flexibility index (Phi) is 6.73. The highest BCUT2D eigenvalue weighted by Crippen LogP contribution is 2.26. The minimum absolute atomic E-state index is 0.000787. The summed E-state index contributed by atoms with van der Waals surface area (Å²) in [5.74, 6) is 0.856. The number of morpholine rings is 1. The Balaban J connectivity index is 1.59. The van der Waals surface area contributed by atoms with E-state index in [0.717, 1.165) is 36.3 Å². The maximum atomic E-state index is 12.5. The predicted molar refractivity (Wildman–Crippen MR) is 107 cm³/mol. The van der Waals surface area contributed by atoms with Gasteiger partial charge in [-0.2, -0.15) is 0 Å². The fraction of sp³-hybridized carbons (Fsp3) is 0.526. The fourth-order valence-electron chi connectivity index (χ4n) is 2.89. The second kappa shape index (κ2) is 9.23. The van der Waals surface area contributed by atoms with Gasteiger partial charge in [0.15, 0.2) is 5.16 Å². The summed E-state index contributed by atoms with van der Waals surface area (Å²) in [6.07, 6.45) is 0. The van der Waals surface area contributed by atoms with Crippen LogP contribution in [0.15, 0.2) is 29.4 Å². The third-order valence-corrected chi connectivity index (χ3v) is 5.63. The van der Waals surface area contributed by atoms with Gasteiger partial charge in [-0.1, -0.05) is 41.6 Å². The number of nitrogens with one attached hydrogen (secondary N) is 1. The van der Waals surface area contributed by atoms with Gasteiger partial charge >= 0.3 is 0 Å². The maximum Gasteiger partial charge on any atom is 0.233 e. The third kappa shape index (κ3) is 5.01. The number of rotatable bonds is 7. The number of hydrogen-bond donors (Lipinski definition) is 1. The largest absolute Gasteiger partial charge is 0.378 e. The Morgan fingerprint density at radius 2 is 1.96 bits per heavy atom. The Morgan fingerprint density at radius 3 is 2.63 bits per heavy atom. The van der Waals surface area contributed by atoms with Crippen LogP contribution in [0.4, 0.5) is 5.95 Å². The minimum atomic E-state index is -0.248. The molecule has 0 bridgehead atoms. The van der Waals surface area contributed by atoms with E-state index in [9.17, 15) is 4.79 Å². The van der Waals surface area contributed by atoms with E-state index in [2.05, 4.69) is 51.0 Å². The number of ether oxygens (including phenoxy) is 1. The molecule has 1 aliphatic rings. The van der Waals surface area contributed by atoms with E-state index in [1.165, 1.54) is 17.3 Å². The Hall–Kier alpha value is -2.06. The third-order valence-electron chi connectivity index (χ3n) is 4.55. The van der Waals surface area contributed by atoms with E-state index in [1.807, 2.05) is 19.1 Å². The molecule has 1 aromatic heterocycles. The van der Waals surface area contributed by atoms with Crippen LogP contribution in [-0.4, -0.2) is 52.2 Å². The molecule has 7 nitrogen and oxygen atoms in total. The monoisotopic (exact) mass is 389 g/mol. The van der Waals surface area contributed by atoms with Gasteiger partial charge in [-0.3, -0.25) is 9.36 Å². The molecule has 2 aromatic rings. The van der Waals surface area contributed by atoms with Crippen molar-refractivity contribution < 1.29 is 9.53 Å². The van der Waals surface area contributed by atoms with Crippen LogP contribution >= 0.6 is 11.8 Å². The summed E-state index contributed by atoms with van der Waals surface area (Å²) in [7, 11) is 0. The molecular formula is C19H27N5O2S. The molecule has 0 spiro atoms. The van der Waals surface area contributed by atoms with E-state index < -0.39 is 0 Å². The van der Waals surface area contributed by atoms with Gasteiger partial charge in [0.25, 0.3) is 0 Å². The van der Waals surface area contributed by atoms with Crippen molar-refractivity contribution in [2.24, 2.45) is 0 Å². The zero-order valence-corrected chi connectivity index (χ0v) is 17.0. The van der Waals surface area contributed by atoms with Gasteiger partial charge in [-0.15, -0.1) is 10.2 Å². The molecule has 1 N–H and O–H groups in total. The first-order valence-corrected chi connectivity index (χ1v) is 10.2. The average molecular weight is 390 g/mol. The Morgan fingerprint density at radius 1 is 1.26 bits per heavy atom. The molecule has 0 unspecified atom stereocenters. The van der Waals surface area contributed by atoms with E-state index in [-0.39, 0.29) is 11.2 Å². The van der Waals surface area contributed by atoms with Crippen LogP contribution < -0.4 is 10.2 Å². The first kappa shape index (κ1) is 19.7. The zero-order valence-electron chi connectivity index (χ0n) is 16.1. The van der Waals surface area contributed by atoms with Crippen molar-refractivity contribution in [3.63, 3.8) is 0 Å². The normalized spacial score (nSPS) is 15.6. The Bertz CT molecular complexity index is 756. The number of thioether (sulfide) groups is 1. The minimum Gasteiger partial charge on any atom is -0.378 e. The first-order chi connectivity index (χ1) is 13.1. The van der Waals surface area contributed by atoms with Crippen LogP contribution in [-0.2, 0) is 22.6 Å². The molecule has 1 atom stereocenters. The molecule has 0 saturated carbocycles. The van der Waals surface area contributed by atoms with Crippen molar-refractivity contribution in [3.8, 4) is 0 Å². The smallest absolute Gasteiger partial charge is 0.233 e.